The van der Waals surface area contributed by atoms with E-state index in [-0.39, 0.29) is 5.91 Å². The third kappa shape index (κ3) is 2.40. The third-order valence-electron chi connectivity index (χ3n) is 3.30. The first-order chi connectivity index (χ1) is 9.54. The number of rotatable bonds is 3. The van der Waals surface area contributed by atoms with Crippen LogP contribution < -0.4 is 10.2 Å². The van der Waals surface area contributed by atoms with Crippen molar-refractivity contribution in [2.24, 2.45) is 0 Å². The minimum absolute atomic E-state index is 0.371. The highest BCUT2D eigenvalue weighted by Crippen LogP contribution is 2.34. The second-order valence-corrected chi connectivity index (χ2v) is 6.52. The summed E-state index contributed by atoms with van der Waals surface area (Å²) in [6.07, 6.45) is -1.06. The van der Waals surface area contributed by atoms with Crippen LogP contribution in [0.15, 0.2) is 30.3 Å². The molecule has 0 bridgehead atoms. The van der Waals surface area contributed by atoms with Crippen LogP contribution in [0.1, 0.15) is 16.5 Å². The minimum atomic E-state index is -1.06. The van der Waals surface area contributed by atoms with Gasteiger partial charge in [-0.1, -0.05) is 17.7 Å². The number of thiophene rings is 1. The van der Waals surface area contributed by atoms with Crippen molar-refractivity contribution >= 4 is 40.2 Å². The van der Waals surface area contributed by atoms with E-state index in [0.717, 1.165) is 16.6 Å². The first kappa shape index (κ1) is 13.4. The summed E-state index contributed by atoms with van der Waals surface area (Å²) in [6, 6.07) is 9.44. The van der Waals surface area contributed by atoms with Crippen molar-refractivity contribution in [1.29, 1.82) is 0 Å². The van der Waals surface area contributed by atoms with E-state index in [0.29, 0.717) is 11.3 Å². The summed E-state index contributed by atoms with van der Waals surface area (Å²) in [5.74, 6) is -0.371. The second kappa shape index (κ2) is 5.09. The lowest BCUT2D eigenvalue weighted by Crippen LogP contribution is -2.15. The van der Waals surface area contributed by atoms with Gasteiger partial charge in [0, 0.05) is 28.9 Å². The molecule has 2 heterocycles. The maximum absolute atomic E-state index is 11.4. The lowest BCUT2D eigenvalue weighted by molar-refractivity contribution is -0.123. The van der Waals surface area contributed by atoms with Crippen LogP contribution in [-0.2, 0) is 11.3 Å². The standard InChI is InChI=1S/C14H13ClN2O2S/c1-17(7-9-3-5-12(15)20-9)8-2-4-10-11(6-8)16-14(19)13(10)18/h2-6,13,18H,7H2,1H3,(H,16,19). The number of anilines is 2. The van der Waals surface area contributed by atoms with Gasteiger partial charge in [-0.25, -0.2) is 0 Å². The number of benzene rings is 1. The molecule has 1 aromatic carbocycles. The quantitative estimate of drug-likeness (QED) is 0.916. The van der Waals surface area contributed by atoms with Crippen molar-refractivity contribution in [3.05, 3.63) is 45.1 Å². The molecule has 0 spiro atoms. The van der Waals surface area contributed by atoms with Gasteiger partial charge in [0.2, 0.25) is 0 Å². The van der Waals surface area contributed by atoms with E-state index in [4.69, 9.17) is 11.6 Å². The molecular weight excluding hydrogens is 296 g/mol. The fourth-order valence-electron chi connectivity index (χ4n) is 2.23. The van der Waals surface area contributed by atoms with Crippen molar-refractivity contribution in [2.45, 2.75) is 12.6 Å². The van der Waals surface area contributed by atoms with E-state index in [1.807, 2.05) is 31.3 Å². The SMILES string of the molecule is CN(Cc1ccc(Cl)s1)c1ccc2c(c1)NC(=O)C2O. The Bertz CT molecular complexity index is 671. The van der Waals surface area contributed by atoms with Gasteiger partial charge in [0.05, 0.1) is 10.9 Å². The molecule has 6 heteroatoms. The summed E-state index contributed by atoms with van der Waals surface area (Å²) in [7, 11) is 1.97. The van der Waals surface area contributed by atoms with E-state index in [1.165, 1.54) is 4.88 Å². The molecule has 3 rings (SSSR count). The van der Waals surface area contributed by atoms with Crippen LogP contribution in [0.3, 0.4) is 0 Å². The van der Waals surface area contributed by atoms with Gasteiger partial charge in [-0.15, -0.1) is 11.3 Å². The molecule has 4 nitrogen and oxygen atoms in total. The molecule has 1 aliphatic rings. The van der Waals surface area contributed by atoms with E-state index in [1.54, 1.807) is 17.4 Å². The molecule has 2 N–H and O–H groups in total. The predicted molar refractivity (Wildman–Crippen MR) is 81.5 cm³/mol. The number of aliphatic hydroxyl groups is 1. The van der Waals surface area contributed by atoms with Crippen LogP contribution in [0.2, 0.25) is 4.34 Å². The summed E-state index contributed by atoms with van der Waals surface area (Å²) in [5.41, 5.74) is 2.28. The normalized spacial score (nSPS) is 16.9. The Morgan fingerprint density at radius 2 is 2.20 bits per heavy atom. The van der Waals surface area contributed by atoms with Crippen molar-refractivity contribution < 1.29 is 9.90 Å². The second-order valence-electron chi connectivity index (χ2n) is 4.73. The van der Waals surface area contributed by atoms with E-state index >= 15 is 0 Å². The number of fused-ring (bicyclic) bond motifs is 1. The van der Waals surface area contributed by atoms with Crippen LogP contribution in [0, 0.1) is 0 Å². The molecule has 0 fully saturated rings. The van der Waals surface area contributed by atoms with Crippen molar-refractivity contribution in [3.63, 3.8) is 0 Å². The maximum atomic E-state index is 11.4. The van der Waals surface area contributed by atoms with Gasteiger partial charge >= 0.3 is 0 Å². The van der Waals surface area contributed by atoms with Crippen molar-refractivity contribution in [3.8, 4) is 0 Å². The first-order valence-electron chi connectivity index (χ1n) is 6.13. The van der Waals surface area contributed by atoms with Gasteiger partial charge in [0.25, 0.3) is 5.91 Å². The molecule has 1 aliphatic heterocycles. The largest absolute Gasteiger partial charge is 0.378 e. The van der Waals surface area contributed by atoms with Crippen LogP contribution in [0.5, 0.6) is 0 Å². The van der Waals surface area contributed by atoms with Crippen molar-refractivity contribution in [2.75, 3.05) is 17.3 Å². The summed E-state index contributed by atoms with van der Waals surface area (Å²) in [6.45, 7) is 0.743. The fourth-order valence-corrected chi connectivity index (χ4v) is 3.37. The zero-order valence-corrected chi connectivity index (χ0v) is 12.3. The lowest BCUT2D eigenvalue weighted by atomic mass is 10.1. The van der Waals surface area contributed by atoms with Crippen molar-refractivity contribution in [1.82, 2.24) is 0 Å². The Morgan fingerprint density at radius 3 is 2.90 bits per heavy atom. The molecule has 1 unspecified atom stereocenters. The molecular formula is C14H13ClN2O2S. The molecule has 0 saturated heterocycles. The lowest BCUT2D eigenvalue weighted by Gasteiger charge is -2.19. The summed E-state index contributed by atoms with van der Waals surface area (Å²) in [5, 5.41) is 12.4. The topological polar surface area (TPSA) is 52.6 Å². The highest BCUT2D eigenvalue weighted by Gasteiger charge is 2.28. The summed E-state index contributed by atoms with van der Waals surface area (Å²) >= 11 is 7.47. The Labute approximate surface area is 125 Å². The van der Waals surface area contributed by atoms with Crippen LogP contribution >= 0.6 is 22.9 Å². The molecule has 1 aromatic heterocycles. The third-order valence-corrected chi connectivity index (χ3v) is 4.52. The number of carbonyl (C=O) groups excluding carboxylic acids is 1. The zero-order valence-electron chi connectivity index (χ0n) is 10.8. The molecule has 0 saturated carbocycles. The summed E-state index contributed by atoms with van der Waals surface area (Å²) < 4.78 is 0.776. The Balaban J connectivity index is 1.81. The van der Waals surface area contributed by atoms with Gasteiger partial charge in [-0.3, -0.25) is 4.79 Å². The molecule has 1 atom stereocenters. The summed E-state index contributed by atoms with van der Waals surface area (Å²) in [4.78, 5) is 14.7. The average molecular weight is 309 g/mol. The highest BCUT2D eigenvalue weighted by atomic mass is 35.5. The molecule has 0 radical (unpaired) electrons. The first-order valence-corrected chi connectivity index (χ1v) is 7.32. The maximum Gasteiger partial charge on any atom is 0.257 e. The molecule has 0 aliphatic carbocycles. The number of hydrogen-bond acceptors (Lipinski definition) is 4. The van der Waals surface area contributed by atoms with Gasteiger partial charge in [-0.05, 0) is 24.3 Å². The Morgan fingerprint density at radius 1 is 1.40 bits per heavy atom. The molecule has 20 heavy (non-hydrogen) atoms. The van der Waals surface area contributed by atoms with Gasteiger partial charge in [0.1, 0.15) is 0 Å². The molecule has 2 aromatic rings. The smallest absolute Gasteiger partial charge is 0.257 e. The molecule has 1 amide bonds. The number of amides is 1. The highest BCUT2D eigenvalue weighted by molar-refractivity contribution is 7.16. The van der Waals surface area contributed by atoms with Gasteiger partial charge in [-0.2, -0.15) is 0 Å². The number of carbonyl (C=O) groups is 1. The fraction of sp³-hybridized carbons (Fsp3) is 0.214. The average Bonchev–Trinajstić information content (AvgIpc) is 2.94. The minimum Gasteiger partial charge on any atom is -0.378 e. The van der Waals surface area contributed by atoms with Crippen LogP contribution in [0.25, 0.3) is 0 Å². The Kier molecular flexibility index (Phi) is 3.41. The van der Waals surface area contributed by atoms with Crippen LogP contribution in [0.4, 0.5) is 11.4 Å². The number of nitrogens with one attached hydrogen (secondary N) is 1. The number of hydrogen-bond donors (Lipinski definition) is 2. The van der Waals surface area contributed by atoms with E-state index in [9.17, 15) is 9.90 Å². The van der Waals surface area contributed by atoms with E-state index < -0.39 is 6.10 Å². The van der Waals surface area contributed by atoms with Gasteiger partial charge < -0.3 is 15.3 Å². The monoisotopic (exact) mass is 308 g/mol. The van der Waals surface area contributed by atoms with Gasteiger partial charge in [0.15, 0.2) is 6.10 Å². The number of nitrogens with zero attached hydrogens (tertiary/aromatic N) is 1. The predicted octanol–water partition coefficient (Wildman–Crippen LogP) is 3.02. The zero-order chi connectivity index (χ0) is 14.3. The Hall–Kier alpha value is -1.56. The number of aliphatic hydroxyl groups excluding tert-OH is 1. The van der Waals surface area contributed by atoms with E-state index in [2.05, 4.69) is 10.2 Å². The number of halogens is 1. The molecule has 104 valence electrons. The van der Waals surface area contributed by atoms with Crippen LogP contribution in [-0.4, -0.2) is 18.1 Å².